The Bertz CT molecular complexity index is 2860. The summed E-state index contributed by atoms with van der Waals surface area (Å²) in [5.41, 5.74) is 12.7. The van der Waals surface area contributed by atoms with Gasteiger partial charge in [0.2, 0.25) is 59.1 Å². The molecule has 94 heavy (non-hydrogen) atoms. The summed E-state index contributed by atoms with van der Waals surface area (Å²) in [5.74, 6) is -12.3. The van der Waals surface area contributed by atoms with Gasteiger partial charge in [-0.25, -0.2) is 4.79 Å². The Balaban J connectivity index is 1.83. The highest BCUT2D eigenvalue weighted by atomic mass is 32.2. The molecule has 0 aliphatic carbocycles. The average Bonchev–Trinajstić information content (AvgIpc) is 1.59. The molecule has 4 bridgehead atoms. The molecular weight excluding hydrogens is 1290 g/mol. The molecule has 1 fully saturated rings. The lowest BCUT2D eigenvalue weighted by Crippen LogP contribution is -2.61. The first-order valence-corrected chi connectivity index (χ1v) is 34.4. The van der Waals surface area contributed by atoms with Crippen LogP contribution in [0.3, 0.4) is 0 Å². The van der Waals surface area contributed by atoms with Crippen molar-refractivity contribution in [1.29, 1.82) is 5.41 Å². The summed E-state index contributed by atoms with van der Waals surface area (Å²) in [6.45, 7) is 4.22. The SMILES string of the molecule is COOC(=O)C[C@@H]1NC(=O)[C@H](CCSC)NC(=O)[C@@H]2CCCN2C(=O)[C@@H]2CSCc3cc(cc(c3)OCCCCCCO/N=C/C(=O)N[C@@H](CCCNC(=N)N)C(=O)N2)CSC[C@@H](C(N)=O)NC(=O)[C@H](CCC(=O)O)NC(=O)CNC(=O)[C@H](C)NC(=O)C(C(C)C)NC1=O. The van der Waals surface area contributed by atoms with Gasteiger partial charge in [0.15, 0.2) is 5.96 Å². The Morgan fingerprint density at radius 3 is 2.06 bits per heavy atom. The van der Waals surface area contributed by atoms with E-state index in [0.29, 0.717) is 42.7 Å². The van der Waals surface area contributed by atoms with Crippen LogP contribution < -0.4 is 69.4 Å². The predicted molar refractivity (Wildman–Crippen MR) is 347 cm³/mol. The number of hydrogen-bond acceptors (Lipinski definition) is 22. The molecule has 36 heteroatoms. The van der Waals surface area contributed by atoms with Crippen molar-refractivity contribution < 1.29 is 86.8 Å². The van der Waals surface area contributed by atoms with Crippen molar-refractivity contribution in [2.24, 2.45) is 22.5 Å². The minimum absolute atomic E-state index is 0.0103. The van der Waals surface area contributed by atoms with E-state index in [1.165, 1.54) is 47.1 Å². The Labute approximate surface area is 557 Å². The van der Waals surface area contributed by atoms with Crippen LogP contribution in [0.5, 0.6) is 5.75 Å². The fraction of sp³-hybridized carbons (Fsp3) is 0.638. The number of carboxylic acids is 1. The summed E-state index contributed by atoms with van der Waals surface area (Å²) < 4.78 is 6.25. The molecule has 1 aromatic carbocycles. The van der Waals surface area contributed by atoms with E-state index >= 15 is 4.79 Å². The average molecular weight is 1380 g/mol. The molecule has 1 aromatic rings. The summed E-state index contributed by atoms with van der Waals surface area (Å²) >= 11 is 3.75. The van der Waals surface area contributed by atoms with Crippen molar-refractivity contribution >= 4 is 124 Å². The van der Waals surface area contributed by atoms with Gasteiger partial charge in [0.1, 0.15) is 72.9 Å². The molecule has 0 radical (unpaired) electrons. The normalized spacial score (nSPS) is 25.0. The smallest absolute Gasteiger partial charge is 0.344 e. The van der Waals surface area contributed by atoms with E-state index < -0.39 is 163 Å². The number of fused-ring (bicyclic) bond motifs is 6. The van der Waals surface area contributed by atoms with E-state index in [4.69, 9.17) is 26.5 Å². The fourth-order valence-electron chi connectivity index (χ4n) is 9.75. The monoisotopic (exact) mass is 1380 g/mol. The van der Waals surface area contributed by atoms with Gasteiger partial charge >= 0.3 is 11.9 Å². The largest absolute Gasteiger partial charge is 0.494 e. The molecule has 1 unspecified atom stereocenters. The van der Waals surface area contributed by atoms with Gasteiger partial charge in [-0.3, -0.25) is 67.8 Å². The quantitative estimate of drug-likeness (QED) is 0.0287. The van der Waals surface area contributed by atoms with E-state index in [2.05, 4.69) is 68.1 Å². The number of ether oxygens (including phenoxy) is 1. The Morgan fingerprint density at radius 1 is 0.766 bits per heavy atom. The number of carboxylic acid groups (broad SMARTS) is 1. The van der Waals surface area contributed by atoms with Crippen molar-refractivity contribution in [3.63, 3.8) is 0 Å². The van der Waals surface area contributed by atoms with Gasteiger partial charge in [0.05, 0.1) is 26.7 Å². The zero-order valence-corrected chi connectivity index (χ0v) is 55.8. The minimum atomic E-state index is -1.78. The number of nitrogens with zero attached hydrogens (tertiary/aromatic N) is 2. The summed E-state index contributed by atoms with van der Waals surface area (Å²) in [6, 6.07) is -7.31. The third kappa shape index (κ3) is 28.2. The topological polar surface area (TPSA) is 491 Å². The van der Waals surface area contributed by atoms with Crippen LogP contribution in [0.1, 0.15) is 109 Å². The molecule has 0 spiro atoms. The number of guanidine groups is 1. The number of hydrogen-bond donors (Lipinski definition) is 14. The first-order chi connectivity index (χ1) is 44.8. The van der Waals surface area contributed by atoms with Crippen LogP contribution in [0.15, 0.2) is 23.4 Å². The fourth-order valence-corrected chi connectivity index (χ4v) is 12.2. The highest BCUT2D eigenvalue weighted by Crippen LogP contribution is 2.27. The van der Waals surface area contributed by atoms with Crippen LogP contribution in [0.4, 0.5) is 0 Å². The molecule has 0 aromatic heterocycles. The Hall–Kier alpha value is -8.12. The number of oxime groups is 1. The predicted octanol–water partition coefficient (Wildman–Crippen LogP) is -2.36. The summed E-state index contributed by atoms with van der Waals surface area (Å²) in [7, 11) is 1.02. The zero-order chi connectivity index (χ0) is 69.3. The third-order valence-electron chi connectivity index (χ3n) is 14.7. The maximum atomic E-state index is 15.1. The highest BCUT2D eigenvalue weighted by Gasteiger charge is 2.41. The number of carbonyl (C=O) groups excluding carboxylic acids is 12. The number of amides is 11. The first kappa shape index (κ1) is 78.3. The van der Waals surface area contributed by atoms with Gasteiger partial charge < -0.3 is 84.2 Å². The first-order valence-electron chi connectivity index (χ1n) is 30.7. The van der Waals surface area contributed by atoms with E-state index in [9.17, 15) is 62.6 Å². The van der Waals surface area contributed by atoms with E-state index in [0.717, 1.165) is 26.2 Å². The summed E-state index contributed by atoms with van der Waals surface area (Å²) in [6.07, 6.45) is 4.03. The van der Waals surface area contributed by atoms with Crippen molar-refractivity contribution in [2.75, 3.05) is 63.5 Å². The van der Waals surface area contributed by atoms with E-state index in [-0.39, 0.29) is 80.1 Å². The van der Waals surface area contributed by atoms with Crippen LogP contribution in [0.25, 0.3) is 0 Å². The number of aliphatic carboxylic acids is 1. The van der Waals surface area contributed by atoms with Gasteiger partial charge in [-0.15, -0.1) is 0 Å². The lowest BCUT2D eigenvalue weighted by molar-refractivity contribution is -0.255. The van der Waals surface area contributed by atoms with Crippen LogP contribution in [0, 0.1) is 11.3 Å². The molecule has 3 aliphatic heterocycles. The summed E-state index contributed by atoms with van der Waals surface area (Å²) in [5, 5.41) is 46.3. The van der Waals surface area contributed by atoms with Crippen LogP contribution in [-0.2, 0) is 88.4 Å². The second-order valence-corrected chi connectivity index (χ2v) is 25.6. The van der Waals surface area contributed by atoms with Gasteiger partial charge in [-0.1, -0.05) is 25.1 Å². The minimum Gasteiger partial charge on any atom is -0.494 e. The maximum Gasteiger partial charge on any atom is 0.344 e. The number of nitrogens with two attached hydrogens (primary N) is 2. The zero-order valence-electron chi connectivity index (χ0n) is 53.3. The number of benzene rings is 1. The molecule has 3 heterocycles. The summed E-state index contributed by atoms with van der Waals surface area (Å²) in [4.78, 5) is 194. The van der Waals surface area contributed by atoms with Crippen molar-refractivity contribution in [3.8, 4) is 5.75 Å². The molecule has 3 aliphatic rings. The maximum absolute atomic E-state index is 15.1. The van der Waals surface area contributed by atoms with Gasteiger partial charge in [0, 0.05) is 42.5 Å². The second kappa shape index (κ2) is 41.6. The standard InChI is InChI=1S/C58H89N15O18S3/c1-32(2)48-56(86)65-33(3)50(80)63-26-44(74)67-38(14-15-46(76)77)52(82)70-41(49(59)79)30-93-28-34-22-35-24-36(23-34)89-19-8-6-7-9-20-90-64-27-45(75)66-37(12-10-17-62-58(60)61)51(81)71-42(31-94-29-35)57(87)73-18-11-13-43(73)55(85)68-39(16-21-92-5)53(83)69-40(54(84)72-48)25-47(78)91-88-4/h22-24,27,32-33,37-43,48H,6-21,25-26,28-31H2,1-5H3,(H2,59,79)(H,63,80)(H,65,86)(H,66,75)(H,67,74)(H,68,85)(H,69,83)(H,70,82)(H,71,81)(H,72,84)(H,76,77)(H4,60,61,62)/b64-27+/t33-,37-,38-,39-,40-,41-,42-,43-,48?/m0/s1. The van der Waals surface area contributed by atoms with Crippen LogP contribution in [-0.4, -0.2) is 217 Å². The number of rotatable bonds is 15. The van der Waals surface area contributed by atoms with E-state index in [1.807, 2.05) is 6.07 Å². The molecule has 0 saturated carbocycles. The third-order valence-corrected chi connectivity index (χ3v) is 17.5. The van der Waals surface area contributed by atoms with Gasteiger partial charge in [-0.2, -0.15) is 40.2 Å². The molecule has 16 N–H and O–H groups in total. The Kier molecular flexibility index (Phi) is 34.6. The molecule has 33 nitrogen and oxygen atoms in total. The Morgan fingerprint density at radius 2 is 1.40 bits per heavy atom. The number of primary amides is 1. The molecule has 11 amide bonds. The van der Waals surface area contributed by atoms with Gasteiger partial charge in [0.25, 0.3) is 5.91 Å². The van der Waals surface area contributed by atoms with E-state index in [1.54, 1.807) is 32.2 Å². The lowest BCUT2D eigenvalue weighted by atomic mass is 10.0. The molecule has 1 saturated heterocycles. The van der Waals surface area contributed by atoms with Crippen molar-refractivity contribution in [1.82, 2.24) is 58.1 Å². The molecule has 522 valence electrons. The number of carbonyl (C=O) groups is 13. The lowest BCUT2D eigenvalue weighted by Gasteiger charge is -2.31. The number of thioether (sulfide) groups is 3. The molecule has 4 rings (SSSR count). The van der Waals surface area contributed by atoms with Crippen LogP contribution in [0.2, 0.25) is 0 Å². The second-order valence-electron chi connectivity index (χ2n) is 22.6. The van der Waals surface area contributed by atoms with Crippen LogP contribution >= 0.6 is 35.3 Å². The van der Waals surface area contributed by atoms with Gasteiger partial charge in [-0.05, 0) is 112 Å². The van der Waals surface area contributed by atoms with Crippen molar-refractivity contribution in [2.45, 2.75) is 164 Å². The number of nitrogens with one attached hydrogen (secondary N) is 11. The highest BCUT2D eigenvalue weighted by molar-refractivity contribution is 7.99. The molecule has 9 atom stereocenters. The molecular formula is C58H89N15O18S3. The van der Waals surface area contributed by atoms with Crippen molar-refractivity contribution in [3.05, 3.63) is 29.3 Å².